The highest BCUT2D eigenvalue weighted by Gasteiger charge is 2.06. The fourth-order valence-electron chi connectivity index (χ4n) is 2.58. The number of anilines is 1. The summed E-state index contributed by atoms with van der Waals surface area (Å²) in [6.45, 7) is 8.00. The van der Waals surface area contributed by atoms with Crippen LogP contribution in [0.3, 0.4) is 0 Å². The van der Waals surface area contributed by atoms with Gasteiger partial charge in [-0.05, 0) is 56.2 Å². The lowest BCUT2D eigenvalue weighted by molar-refractivity contribution is 0.187. The van der Waals surface area contributed by atoms with E-state index in [0.717, 1.165) is 23.8 Å². The molecule has 7 nitrogen and oxygen atoms in total. The molecule has 8 heteroatoms. The number of benzene rings is 2. The number of ether oxygens (including phenoxy) is 2. The normalized spacial score (nSPS) is 11.7. The number of aryl methyl sites for hydroxylation is 1. The van der Waals surface area contributed by atoms with E-state index in [2.05, 4.69) is 25.7 Å². The molecule has 0 bridgehead atoms. The number of hydrogen-bond donors (Lipinski definition) is 3. The first kappa shape index (κ1) is 25.5. The largest absolute Gasteiger partial charge is 0.489 e. The number of hydrogen-bond acceptors (Lipinski definition) is 4. The van der Waals surface area contributed by atoms with Crippen LogP contribution in [0.1, 0.15) is 25.0 Å². The molecule has 0 fully saturated rings. The fraction of sp³-hybridized carbons (Fsp3) is 0.364. The molecule has 0 saturated heterocycles. The van der Waals surface area contributed by atoms with Crippen LogP contribution < -0.4 is 20.7 Å². The first-order valence-corrected chi connectivity index (χ1v) is 9.69. The third-order valence-electron chi connectivity index (χ3n) is 4.03. The van der Waals surface area contributed by atoms with Crippen LogP contribution in [0.4, 0.5) is 10.5 Å². The molecule has 0 radical (unpaired) electrons. The van der Waals surface area contributed by atoms with E-state index in [1.807, 2.05) is 69.3 Å². The molecule has 0 aliphatic carbocycles. The number of guanidine groups is 1. The maximum absolute atomic E-state index is 11.2. The quantitative estimate of drug-likeness (QED) is 0.271. The van der Waals surface area contributed by atoms with Gasteiger partial charge in [-0.1, -0.05) is 24.3 Å². The molecule has 1 amide bonds. The number of nitrogens with zero attached hydrogens (tertiary/aromatic N) is 1. The van der Waals surface area contributed by atoms with Crippen molar-refractivity contribution in [3.63, 3.8) is 0 Å². The maximum atomic E-state index is 11.2. The van der Waals surface area contributed by atoms with Crippen molar-refractivity contribution in [1.29, 1.82) is 0 Å². The molecule has 30 heavy (non-hydrogen) atoms. The number of halogens is 1. The topological polar surface area (TPSA) is 84.0 Å². The molecule has 1 atom stereocenters. The minimum atomic E-state index is -0.489. The van der Waals surface area contributed by atoms with Crippen molar-refractivity contribution >= 4 is 41.7 Å². The Morgan fingerprint density at radius 1 is 1.13 bits per heavy atom. The predicted molar refractivity (Wildman–Crippen MR) is 132 cm³/mol. The number of amides is 1. The fourth-order valence-corrected chi connectivity index (χ4v) is 2.58. The van der Waals surface area contributed by atoms with E-state index in [1.165, 1.54) is 12.7 Å². The molecule has 0 heterocycles. The van der Waals surface area contributed by atoms with E-state index in [1.54, 1.807) is 0 Å². The summed E-state index contributed by atoms with van der Waals surface area (Å²) >= 11 is 0. The van der Waals surface area contributed by atoms with Crippen LogP contribution in [0.15, 0.2) is 53.5 Å². The Kier molecular flexibility index (Phi) is 11.7. The van der Waals surface area contributed by atoms with E-state index < -0.39 is 6.09 Å². The molecule has 0 aromatic heterocycles. The Bertz CT molecular complexity index is 812. The van der Waals surface area contributed by atoms with Crippen LogP contribution in [0.25, 0.3) is 0 Å². The molecular weight excluding hydrogens is 495 g/mol. The van der Waals surface area contributed by atoms with Crippen molar-refractivity contribution in [2.24, 2.45) is 4.99 Å². The minimum Gasteiger partial charge on any atom is -0.489 e. The first-order valence-electron chi connectivity index (χ1n) is 9.69. The molecule has 2 aromatic rings. The minimum absolute atomic E-state index is 0. The molecule has 0 aliphatic rings. The van der Waals surface area contributed by atoms with Crippen LogP contribution in [0.2, 0.25) is 0 Å². The standard InChI is InChI=1S/C22H30N4O3.HI/c1-5-23-21(24-14-17(3)29-20-8-6-7-16(2)13-20)25-15-18-9-11-19(12-10-18)26-22(27)28-4;/h6-13,17H,5,14-15H2,1-4H3,(H,26,27)(H2,23,24,25);1H. The number of methoxy groups -OCH3 is 1. The van der Waals surface area contributed by atoms with E-state index >= 15 is 0 Å². The molecule has 0 spiro atoms. The molecule has 2 rings (SSSR count). The summed E-state index contributed by atoms with van der Waals surface area (Å²) in [6, 6.07) is 15.5. The zero-order valence-corrected chi connectivity index (χ0v) is 20.2. The van der Waals surface area contributed by atoms with Crippen molar-refractivity contribution in [2.45, 2.75) is 33.4 Å². The Balaban J connectivity index is 0.00000450. The molecular formula is C22H31IN4O3. The molecule has 2 aromatic carbocycles. The third-order valence-corrected chi connectivity index (χ3v) is 4.03. The van der Waals surface area contributed by atoms with Crippen molar-refractivity contribution in [2.75, 3.05) is 25.5 Å². The summed E-state index contributed by atoms with van der Waals surface area (Å²) in [5.74, 6) is 1.59. The highest BCUT2D eigenvalue weighted by Crippen LogP contribution is 2.14. The number of nitrogens with one attached hydrogen (secondary N) is 3. The summed E-state index contributed by atoms with van der Waals surface area (Å²) in [4.78, 5) is 15.8. The van der Waals surface area contributed by atoms with Crippen molar-refractivity contribution in [3.05, 3.63) is 59.7 Å². The lowest BCUT2D eigenvalue weighted by Crippen LogP contribution is -2.41. The van der Waals surface area contributed by atoms with Gasteiger partial charge in [-0.15, -0.1) is 24.0 Å². The van der Waals surface area contributed by atoms with Crippen LogP contribution in [-0.4, -0.2) is 38.4 Å². The highest BCUT2D eigenvalue weighted by molar-refractivity contribution is 14.0. The number of aliphatic imine (C=N–C) groups is 1. The number of carbonyl (C=O) groups excluding carboxylic acids is 1. The van der Waals surface area contributed by atoms with Gasteiger partial charge < -0.3 is 20.1 Å². The summed E-state index contributed by atoms with van der Waals surface area (Å²) in [5, 5.41) is 9.17. The molecule has 0 saturated carbocycles. The summed E-state index contributed by atoms with van der Waals surface area (Å²) in [6.07, 6.45) is -0.499. The monoisotopic (exact) mass is 526 g/mol. The second-order valence-corrected chi connectivity index (χ2v) is 6.63. The Labute approximate surface area is 195 Å². The lowest BCUT2D eigenvalue weighted by atomic mass is 10.2. The van der Waals surface area contributed by atoms with Gasteiger partial charge in [-0.3, -0.25) is 5.32 Å². The summed E-state index contributed by atoms with van der Waals surface area (Å²) in [5.41, 5.74) is 2.88. The van der Waals surface area contributed by atoms with E-state index in [0.29, 0.717) is 18.8 Å². The van der Waals surface area contributed by atoms with Crippen LogP contribution in [-0.2, 0) is 11.3 Å². The van der Waals surface area contributed by atoms with Gasteiger partial charge in [0.2, 0.25) is 0 Å². The third kappa shape index (κ3) is 9.34. The Hall–Kier alpha value is -2.49. The van der Waals surface area contributed by atoms with Gasteiger partial charge in [0, 0.05) is 12.2 Å². The van der Waals surface area contributed by atoms with Crippen molar-refractivity contribution in [3.8, 4) is 5.75 Å². The highest BCUT2D eigenvalue weighted by atomic mass is 127. The van der Waals surface area contributed by atoms with Gasteiger partial charge in [0.05, 0.1) is 20.2 Å². The van der Waals surface area contributed by atoms with Crippen molar-refractivity contribution < 1.29 is 14.3 Å². The molecule has 164 valence electrons. The SMILES string of the molecule is CCNC(=NCc1ccc(NC(=O)OC)cc1)NCC(C)Oc1cccc(C)c1.I. The van der Waals surface area contributed by atoms with Gasteiger partial charge in [0.1, 0.15) is 11.9 Å². The van der Waals surface area contributed by atoms with E-state index in [4.69, 9.17) is 4.74 Å². The van der Waals surface area contributed by atoms with Crippen LogP contribution in [0, 0.1) is 6.92 Å². The predicted octanol–water partition coefficient (Wildman–Crippen LogP) is 4.31. The van der Waals surface area contributed by atoms with Crippen molar-refractivity contribution in [1.82, 2.24) is 10.6 Å². The first-order chi connectivity index (χ1) is 14.0. The smallest absolute Gasteiger partial charge is 0.411 e. The van der Waals surface area contributed by atoms with Crippen LogP contribution in [0.5, 0.6) is 5.75 Å². The van der Waals surface area contributed by atoms with Gasteiger partial charge in [-0.2, -0.15) is 0 Å². The Morgan fingerprint density at radius 2 is 1.87 bits per heavy atom. The molecule has 3 N–H and O–H groups in total. The summed E-state index contributed by atoms with van der Waals surface area (Å²) in [7, 11) is 1.33. The van der Waals surface area contributed by atoms with Gasteiger partial charge in [-0.25, -0.2) is 9.79 Å². The van der Waals surface area contributed by atoms with Gasteiger partial charge in [0.25, 0.3) is 0 Å². The zero-order chi connectivity index (χ0) is 21.1. The number of rotatable bonds is 8. The average molecular weight is 526 g/mol. The number of carbonyl (C=O) groups is 1. The Morgan fingerprint density at radius 3 is 2.50 bits per heavy atom. The second kappa shape index (κ2) is 13.7. The summed E-state index contributed by atoms with van der Waals surface area (Å²) < 4.78 is 10.5. The second-order valence-electron chi connectivity index (χ2n) is 6.63. The lowest BCUT2D eigenvalue weighted by Gasteiger charge is -2.18. The molecule has 1 unspecified atom stereocenters. The molecule has 0 aliphatic heterocycles. The van der Waals surface area contributed by atoms with Gasteiger partial charge in [0.15, 0.2) is 5.96 Å². The zero-order valence-electron chi connectivity index (χ0n) is 17.9. The van der Waals surface area contributed by atoms with E-state index in [9.17, 15) is 4.79 Å². The average Bonchev–Trinajstić information content (AvgIpc) is 2.71. The van der Waals surface area contributed by atoms with Crippen LogP contribution >= 0.6 is 24.0 Å². The van der Waals surface area contributed by atoms with E-state index in [-0.39, 0.29) is 30.1 Å². The maximum Gasteiger partial charge on any atom is 0.411 e. The van der Waals surface area contributed by atoms with Gasteiger partial charge >= 0.3 is 6.09 Å².